The van der Waals surface area contributed by atoms with Crippen molar-refractivity contribution in [2.45, 2.75) is 51.3 Å². The van der Waals surface area contributed by atoms with Gasteiger partial charge in [-0.1, -0.05) is 37.3 Å². The van der Waals surface area contributed by atoms with Crippen molar-refractivity contribution in [2.75, 3.05) is 20.3 Å². The fourth-order valence-electron chi connectivity index (χ4n) is 6.06. The zero-order valence-electron chi connectivity index (χ0n) is 27.6. The van der Waals surface area contributed by atoms with Crippen molar-refractivity contribution in [1.29, 1.82) is 0 Å². The number of benzene rings is 3. The average Bonchev–Trinajstić information content (AvgIpc) is 3.49. The van der Waals surface area contributed by atoms with Gasteiger partial charge in [-0.25, -0.2) is 9.78 Å². The van der Waals surface area contributed by atoms with Gasteiger partial charge in [0.05, 0.1) is 30.8 Å². The van der Waals surface area contributed by atoms with Crippen molar-refractivity contribution >= 4 is 19.8 Å². The van der Waals surface area contributed by atoms with E-state index in [4.69, 9.17) is 9.47 Å². The lowest BCUT2D eigenvalue weighted by Crippen LogP contribution is -2.30. The van der Waals surface area contributed by atoms with E-state index in [1.54, 1.807) is 19.9 Å². The highest BCUT2D eigenvalue weighted by Crippen LogP contribution is 2.45. The summed E-state index contributed by atoms with van der Waals surface area (Å²) in [5.41, 5.74) is -5.37. The van der Waals surface area contributed by atoms with E-state index >= 15 is 8.78 Å². The van der Waals surface area contributed by atoms with E-state index in [1.807, 2.05) is 0 Å². The maximum atomic E-state index is 15.1. The molecule has 1 fully saturated rings. The minimum atomic E-state index is -4.83. The Balaban J connectivity index is 1.58. The third kappa shape index (κ3) is 7.86. The molecule has 1 aliphatic rings. The largest absolute Gasteiger partial charge is 0.481 e. The van der Waals surface area contributed by atoms with Crippen LogP contribution in [0.25, 0.3) is 22.3 Å². The van der Waals surface area contributed by atoms with Crippen molar-refractivity contribution < 1.29 is 54.5 Å². The summed E-state index contributed by atoms with van der Waals surface area (Å²) in [5, 5.41) is 10.7. The van der Waals surface area contributed by atoms with Gasteiger partial charge in [0.1, 0.15) is 12.1 Å². The zero-order valence-corrected chi connectivity index (χ0v) is 28.5. The number of pyridine rings is 1. The highest BCUT2D eigenvalue weighted by Gasteiger charge is 2.38. The average molecular weight is 739 g/mol. The normalized spacial score (nSPS) is 14.9. The number of carbonyl (C=O) groups is 1. The smallest absolute Gasteiger partial charge is 0.416 e. The maximum Gasteiger partial charge on any atom is 0.416 e. The Morgan fingerprint density at radius 3 is 2.22 bits per heavy atom. The lowest BCUT2D eigenvalue weighted by atomic mass is 9.88. The highest BCUT2D eigenvalue weighted by atomic mass is 31.1. The van der Waals surface area contributed by atoms with E-state index in [2.05, 4.69) is 4.98 Å². The summed E-state index contributed by atoms with van der Waals surface area (Å²) in [7, 11) is 0.406. The number of aromatic nitrogens is 1. The predicted octanol–water partition coefficient (Wildman–Crippen LogP) is 10.5. The highest BCUT2D eigenvalue weighted by molar-refractivity contribution is 7.41. The number of aliphatic hydroxyl groups is 1. The predicted molar refractivity (Wildman–Crippen MR) is 176 cm³/mol. The molecule has 0 unspecified atom stereocenters. The Labute approximate surface area is 289 Å². The van der Waals surface area contributed by atoms with E-state index in [0.717, 1.165) is 18.2 Å². The van der Waals surface area contributed by atoms with Crippen LogP contribution in [0.2, 0.25) is 0 Å². The van der Waals surface area contributed by atoms with Gasteiger partial charge in [-0.3, -0.25) is 4.90 Å². The molecule has 51 heavy (non-hydrogen) atoms. The van der Waals surface area contributed by atoms with Crippen molar-refractivity contribution in [3.63, 3.8) is 0 Å². The number of hydrogen-bond acceptors (Lipinski definition) is 4. The Hall–Kier alpha value is -4.55. The van der Waals surface area contributed by atoms with Gasteiger partial charge in [-0.2, -0.15) is 35.1 Å². The van der Waals surface area contributed by atoms with E-state index in [1.165, 1.54) is 49.4 Å². The number of alkyl halides is 8. The summed E-state index contributed by atoms with van der Waals surface area (Å²) in [6.45, 7) is 4.98. The van der Waals surface area contributed by atoms with Gasteiger partial charge in [-0.05, 0) is 78.4 Å². The summed E-state index contributed by atoms with van der Waals surface area (Å²) in [4.78, 5) is 18.3. The van der Waals surface area contributed by atoms with Crippen molar-refractivity contribution in [3.8, 4) is 28.1 Å². The number of amides is 1. The number of cyclic esters (lactones) is 1. The second-order valence-electron chi connectivity index (χ2n) is 11.8. The molecule has 5 rings (SSSR count). The van der Waals surface area contributed by atoms with Gasteiger partial charge in [0.25, 0.3) is 0 Å². The molecule has 270 valence electrons. The quantitative estimate of drug-likeness (QED) is 0.137. The topological polar surface area (TPSA) is 71.9 Å². The molecule has 1 aromatic heterocycles. The first-order chi connectivity index (χ1) is 23.8. The van der Waals surface area contributed by atoms with Crippen molar-refractivity contribution in [1.82, 2.24) is 9.88 Å². The number of aryl methyl sites for hydroxylation is 2. The summed E-state index contributed by atoms with van der Waals surface area (Å²) < 4.78 is 123. The minimum Gasteiger partial charge on any atom is -0.481 e. The monoisotopic (exact) mass is 738 g/mol. The maximum absolute atomic E-state index is 15.1. The van der Waals surface area contributed by atoms with Crippen LogP contribution < -0.4 is 4.74 Å². The molecule has 0 aliphatic carbocycles. The summed E-state index contributed by atoms with van der Waals surface area (Å²) in [6.07, 6.45) is -8.43. The third-order valence-electron chi connectivity index (χ3n) is 8.53. The number of methoxy groups -OCH3 is 1. The molecule has 0 bridgehead atoms. The Morgan fingerprint density at radius 2 is 1.63 bits per heavy atom. The van der Waals surface area contributed by atoms with Gasteiger partial charge in [-0.15, -0.1) is 0 Å². The number of hydrogen-bond donors (Lipinski definition) is 1. The second-order valence-corrected chi connectivity index (χ2v) is 13.1. The van der Waals surface area contributed by atoms with E-state index in [-0.39, 0.29) is 42.1 Å². The summed E-state index contributed by atoms with van der Waals surface area (Å²) in [5.74, 6) is 0.0916. The minimum absolute atomic E-state index is 0.00445. The van der Waals surface area contributed by atoms with Gasteiger partial charge in [0.2, 0.25) is 5.88 Å². The summed E-state index contributed by atoms with van der Waals surface area (Å²) >= 11 is 0. The van der Waals surface area contributed by atoms with E-state index in [9.17, 15) is 36.2 Å². The van der Waals surface area contributed by atoms with Crippen LogP contribution in [0.5, 0.6) is 5.88 Å². The number of aliphatic hydroxyl groups excluding tert-OH is 1. The second kappa shape index (κ2) is 14.2. The fraction of sp³-hybridized carbons (Fsp3) is 0.306. The number of ether oxygens (including phenoxy) is 2. The van der Waals surface area contributed by atoms with Crippen LogP contribution in [-0.4, -0.2) is 46.8 Å². The first-order valence-corrected chi connectivity index (χ1v) is 16.4. The molecule has 1 saturated heterocycles. The van der Waals surface area contributed by atoms with Gasteiger partial charge in [0, 0.05) is 36.7 Å². The Morgan fingerprint density at radius 1 is 0.922 bits per heavy atom. The number of rotatable bonds is 9. The van der Waals surface area contributed by atoms with E-state index in [0.29, 0.717) is 39.9 Å². The molecule has 6 nitrogen and oxygen atoms in total. The van der Waals surface area contributed by atoms with Crippen LogP contribution >= 0.6 is 8.20 Å². The lowest BCUT2D eigenvalue weighted by Gasteiger charge is -2.29. The van der Waals surface area contributed by atoms with Crippen LogP contribution in [0, 0.1) is 13.8 Å². The Bertz CT molecular complexity index is 2000. The van der Waals surface area contributed by atoms with Gasteiger partial charge < -0.3 is 14.6 Å². The molecule has 0 saturated carbocycles. The van der Waals surface area contributed by atoms with Crippen LogP contribution in [0.3, 0.4) is 0 Å². The van der Waals surface area contributed by atoms with E-state index < -0.39 is 60.5 Å². The molecule has 1 aliphatic heterocycles. The molecule has 3 aromatic carbocycles. The molecule has 15 heteroatoms. The van der Waals surface area contributed by atoms with Crippen LogP contribution in [0.4, 0.5) is 39.9 Å². The molecule has 0 radical (unpaired) electrons. The van der Waals surface area contributed by atoms with Crippen LogP contribution in [0.15, 0.2) is 66.9 Å². The molecule has 1 atom stereocenters. The number of carbonyl (C=O) groups excluding carboxylic acids is 1. The van der Waals surface area contributed by atoms with Gasteiger partial charge >= 0.3 is 24.1 Å². The first kappa shape index (κ1) is 37.7. The number of halogens is 8. The molecule has 1 N–H and O–H groups in total. The van der Waals surface area contributed by atoms with Crippen LogP contribution in [-0.2, 0) is 22.8 Å². The molecule has 0 spiro atoms. The third-order valence-corrected chi connectivity index (χ3v) is 9.54. The molecule has 1 amide bonds. The van der Waals surface area contributed by atoms with Crippen LogP contribution in [0.1, 0.15) is 58.3 Å². The van der Waals surface area contributed by atoms with Crippen molar-refractivity contribution in [3.05, 3.63) is 106 Å². The van der Waals surface area contributed by atoms with Gasteiger partial charge in [0.15, 0.2) is 0 Å². The number of nitrogens with zero attached hydrogens (tertiary/aromatic N) is 2. The zero-order chi connectivity index (χ0) is 37.5. The lowest BCUT2D eigenvalue weighted by molar-refractivity contribution is -0.138. The van der Waals surface area contributed by atoms with Crippen molar-refractivity contribution in [2.24, 2.45) is 0 Å². The Kier molecular flexibility index (Phi) is 10.5. The first-order valence-electron chi connectivity index (χ1n) is 15.5. The fourth-order valence-corrected chi connectivity index (χ4v) is 6.86. The standard InChI is InChI=1S/C36H31F8N2O4P/c1-5-30(46-11-12-50-33(46)48)27-17-29(35(40,41)42)20(3)14-26(27)28-15-22(18-45-31(28)49-4)25-10-9-21(13-19(25)2)32(47)51-36(43,44)24-8-6-7-23(16-24)34(37,38)39/h6-10,13-18,30,47H,5,11-12H2,1-4H3/t30-/m0/s1. The molecule has 2 heterocycles. The molecule has 4 aromatic rings. The molecular weight excluding hydrogens is 707 g/mol. The SMILES string of the molecule is CC[C@@H](c1cc(C(F)(F)F)c(C)cc1-c1cc(-c2ccc(/C(O)=P\C(F)(F)c3cccc(C(F)(F)F)c3)cc2C)cnc1OC)N1CCOC1=O. The summed E-state index contributed by atoms with van der Waals surface area (Å²) in [6, 6.07) is 10.3. The molecular formula is C36H31F8N2O4P.